The molecule has 7 heteroatoms. The first-order valence-corrected chi connectivity index (χ1v) is 8.20. The number of carbonyl (C=O) groups excluding carboxylic acids is 2. The van der Waals surface area contributed by atoms with Crippen molar-refractivity contribution in [2.24, 2.45) is 0 Å². The maximum Gasteiger partial charge on any atom is 0.339 e. The quantitative estimate of drug-likeness (QED) is 0.754. The molecule has 2 rings (SSSR count). The molecule has 0 fully saturated rings. The summed E-state index contributed by atoms with van der Waals surface area (Å²) in [6, 6.07) is 10.0. The Labute approximate surface area is 155 Å². The zero-order chi connectivity index (χ0) is 18.4. The maximum atomic E-state index is 12.1. The molecule has 0 unspecified atom stereocenters. The van der Waals surface area contributed by atoms with Gasteiger partial charge in [0.1, 0.15) is 5.75 Å². The van der Waals surface area contributed by atoms with Crippen LogP contribution in [0.15, 0.2) is 36.4 Å². The number of aryl methyl sites for hydroxylation is 1. The predicted octanol–water partition coefficient (Wildman–Crippen LogP) is 4.36. The second-order valence-corrected chi connectivity index (χ2v) is 6.02. The molecular formula is C18H17Cl2NO4. The van der Waals surface area contributed by atoms with Crippen LogP contribution in [0.4, 0.5) is 5.69 Å². The Morgan fingerprint density at radius 3 is 2.44 bits per heavy atom. The zero-order valence-corrected chi connectivity index (χ0v) is 15.3. The summed E-state index contributed by atoms with van der Waals surface area (Å²) in [5.74, 6) is -0.162. The molecule has 0 heterocycles. The highest BCUT2D eigenvalue weighted by Crippen LogP contribution is 2.25. The zero-order valence-electron chi connectivity index (χ0n) is 13.8. The third-order valence-corrected chi connectivity index (χ3v) is 4.14. The Morgan fingerprint density at radius 1 is 1.04 bits per heavy atom. The molecule has 5 nitrogen and oxygen atoms in total. The van der Waals surface area contributed by atoms with E-state index in [1.54, 1.807) is 25.3 Å². The fourth-order valence-electron chi connectivity index (χ4n) is 2.22. The highest BCUT2D eigenvalue weighted by Gasteiger charge is 2.13. The molecule has 1 amide bonds. The average molecular weight is 382 g/mol. The number of carbonyl (C=O) groups is 2. The molecule has 132 valence electrons. The Hall–Kier alpha value is -2.24. The van der Waals surface area contributed by atoms with E-state index in [4.69, 9.17) is 27.9 Å². The van der Waals surface area contributed by atoms with Crippen LogP contribution in [0.2, 0.25) is 10.0 Å². The second kappa shape index (κ2) is 8.74. The number of esters is 1. The van der Waals surface area contributed by atoms with Gasteiger partial charge in [-0.3, -0.25) is 4.79 Å². The summed E-state index contributed by atoms with van der Waals surface area (Å²) < 4.78 is 9.75. The average Bonchev–Trinajstić information content (AvgIpc) is 2.61. The van der Waals surface area contributed by atoms with Crippen molar-refractivity contribution in [1.29, 1.82) is 0 Å². The van der Waals surface area contributed by atoms with Gasteiger partial charge >= 0.3 is 5.97 Å². The molecule has 0 aliphatic heterocycles. The van der Waals surface area contributed by atoms with Crippen molar-refractivity contribution in [3.8, 4) is 5.75 Å². The van der Waals surface area contributed by atoms with E-state index in [1.165, 1.54) is 19.2 Å². The number of rotatable bonds is 6. The Balaban J connectivity index is 1.98. The molecule has 2 aromatic carbocycles. The van der Waals surface area contributed by atoms with E-state index in [0.717, 1.165) is 5.56 Å². The fraction of sp³-hybridized carbons (Fsp3) is 0.222. The number of amides is 1. The minimum absolute atomic E-state index is 0.190. The van der Waals surface area contributed by atoms with Crippen LogP contribution in [0.25, 0.3) is 0 Å². The van der Waals surface area contributed by atoms with Gasteiger partial charge in [-0.25, -0.2) is 4.79 Å². The van der Waals surface area contributed by atoms with Gasteiger partial charge in [-0.05, 0) is 42.3 Å². The van der Waals surface area contributed by atoms with Gasteiger partial charge in [0.15, 0.2) is 0 Å². The predicted molar refractivity (Wildman–Crippen MR) is 97.7 cm³/mol. The third kappa shape index (κ3) is 5.11. The summed E-state index contributed by atoms with van der Waals surface area (Å²) in [4.78, 5) is 23.7. The second-order valence-electron chi connectivity index (χ2n) is 5.20. The molecule has 0 aromatic heterocycles. The monoisotopic (exact) mass is 381 g/mol. The van der Waals surface area contributed by atoms with Gasteiger partial charge in [-0.1, -0.05) is 29.3 Å². The van der Waals surface area contributed by atoms with Crippen molar-refractivity contribution < 1.29 is 19.1 Å². The van der Waals surface area contributed by atoms with E-state index in [1.807, 2.05) is 6.07 Å². The van der Waals surface area contributed by atoms with Crippen LogP contribution in [-0.4, -0.2) is 26.1 Å². The first-order chi connectivity index (χ1) is 11.9. The molecule has 2 aromatic rings. The van der Waals surface area contributed by atoms with E-state index in [9.17, 15) is 9.59 Å². The van der Waals surface area contributed by atoms with Gasteiger partial charge in [0, 0.05) is 12.1 Å². The molecule has 0 aliphatic rings. The number of anilines is 1. The lowest BCUT2D eigenvalue weighted by Gasteiger charge is -2.09. The molecule has 0 atom stereocenters. The third-order valence-electron chi connectivity index (χ3n) is 3.51. The summed E-state index contributed by atoms with van der Waals surface area (Å²) in [7, 11) is 2.81. The summed E-state index contributed by atoms with van der Waals surface area (Å²) in [5, 5.41) is 3.50. The van der Waals surface area contributed by atoms with E-state index in [0.29, 0.717) is 22.9 Å². The van der Waals surface area contributed by atoms with Crippen LogP contribution in [0.1, 0.15) is 22.3 Å². The van der Waals surface area contributed by atoms with Gasteiger partial charge in [0.2, 0.25) is 5.91 Å². The van der Waals surface area contributed by atoms with Crippen molar-refractivity contribution in [3.63, 3.8) is 0 Å². The smallest absolute Gasteiger partial charge is 0.339 e. The lowest BCUT2D eigenvalue weighted by atomic mass is 10.1. The van der Waals surface area contributed by atoms with Crippen molar-refractivity contribution in [3.05, 3.63) is 57.6 Å². The number of hydrogen-bond donors (Lipinski definition) is 1. The van der Waals surface area contributed by atoms with Crippen LogP contribution in [-0.2, 0) is 16.0 Å². The summed E-state index contributed by atoms with van der Waals surface area (Å²) in [6.07, 6.45) is 0.784. The van der Waals surface area contributed by atoms with Crippen LogP contribution in [0.3, 0.4) is 0 Å². The first-order valence-electron chi connectivity index (χ1n) is 7.44. The van der Waals surface area contributed by atoms with Gasteiger partial charge in [0.05, 0.1) is 29.8 Å². The summed E-state index contributed by atoms with van der Waals surface area (Å²) in [5.41, 5.74) is 1.60. The Morgan fingerprint density at radius 2 is 1.80 bits per heavy atom. The van der Waals surface area contributed by atoms with Gasteiger partial charge in [-0.15, -0.1) is 0 Å². The molecule has 0 saturated heterocycles. The Kier molecular flexibility index (Phi) is 6.67. The maximum absolute atomic E-state index is 12.1. The highest BCUT2D eigenvalue weighted by molar-refractivity contribution is 6.33. The largest absolute Gasteiger partial charge is 0.495 e. The molecule has 25 heavy (non-hydrogen) atoms. The van der Waals surface area contributed by atoms with Crippen molar-refractivity contribution in [1.82, 2.24) is 0 Å². The normalized spacial score (nSPS) is 10.2. The number of methoxy groups -OCH3 is 2. The lowest BCUT2D eigenvalue weighted by molar-refractivity contribution is -0.116. The molecule has 0 saturated carbocycles. The molecular weight excluding hydrogens is 365 g/mol. The van der Waals surface area contributed by atoms with Crippen molar-refractivity contribution >= 4 is 40.8 Å². The number of benzene rings is 2. The SMILES string of the molecule is COC(=O)c1cc(NC(=O)CCc2ccc(OC)c(Cl)c2)ccc1Cl. The topological polar surface area (TPSA) is 64.6 Å². The van der Waals surface area contributed by atoms with Crippen LogP contribution < -0.4 is 10.1 Å². The number of ether oxygens (including phenoxy) is 2. The van der Waals surface area contributed by atoms with Gasteiger partial charge in [-0.2, -0.15) is 0 Å². The standard InChI is InChI=1S/C18H17Cl2NO4/c1-24-16-7-3-11(9-15(16)20)4-8-17(22)21-12-5-6-14(19)13(10-12)18(23)25-2/h3,5-7,9-10H,4,8H2,1-2H3,(H,21,22). The minimum Gasteiger partial charge on any atom is -0.495 e. The number of hydrogen-bond acceptors (Lipinski definition) is 4. The highest BCUT2D eigenvalue weighted by atomic mass is 35.5. The number of halogens is 2. The van der Waals surface area contributed by atoms with Crippen LogP contribution >= 0.6 is 23.2 Å². The summed E-state index contributed by atoms with van der Waals surface area (Å²) in [6.45, 7) is 0. The van der Waals surface area contributed by atoms with Crippen molar-refractivity contribution in [2.45, 2.75) is 12.8 Å². The van der Waals surface area contributed by atoms with E-state index < -0.39 is 5.97 Å². The molecule has 0 spiro atoms. The van der Waals surface area contributed by atoms with E-state index >= 15 is 0 Å². The molecule has 0 bridgehead atoms. The molecule has 0 aliphatic carbocycles. The van der Waals surface area contributed by atoms with Gasteiger partial charge < -0.3 is 14.8 Å². The summed E-state index contributed by atoms with van der Waals surface area (Å²) >= 11 is 12.0. The lowest BCUT2D eigenvalue weighted by Crippen LogP contribution is -2.13. The van der Waals surface area contributed by atoms with Crippen LogP contribution in [0.5, 0.6) is 5.75 Å². The molecule has 0 radical (unpaired) electrons. The van der Waals surface area contributed by atoms with Crippen LogP contribution in [0, 0.1) is 0 Å². The molecule has 1 N–H and O–H groups in total. The van der Waals surface area contributed by atoms with E-state index in [2.05, 4.69) is 10.1 Å². The van der Waals surface area contributed by atoms with Gasteiger partial charge in [0.25, 0.3) is 0 Å². The number of nitrogens with one attached hydrogen (secondary N) is 1. The first kappa shape index (κ1) is 19.1. The van der Waals surface area contributed by atoms with E-state index in [-0.39, 0.29) is 22.9 Å². The Bertz CT molecular complexity index is 793. The van der Waals surface area contributed by atoms with Crippen molar-refractivity contribution in [2.75, 3.05) is 19.5 Å². The fourth-order valence-corrected chi connectivity index (χ4v) is 2.69. The minimum atomic E-state index is -0.561.